The van der Waals surface area contributed by atoms with E-state index in [-0.39, 0.29) is 5.78 Å². The van der Waals surface area contributed by atoms with Crippen LogP contribution >= 0.6 is 34.5 Å². The Morgan fingerprint density at radius 2 is 2.05 bits per heavy atom. The zero-order valence-corrected chi connectivity index (χ0v) is 13.4. The number of ketones is 1. The van der Waals surface area contributed by atoms with Crippen LogP contribution < -0.4 is 0 Å². The first-order valence-electron chi connectivity index (χ1n) is 6.60. The molecule has 106 valence electrons. The number of thiophene rings is 1. The molecule has 1 aliphatic rings. The Labute approximate surface area is 136 Å². The number of carbonyl (C=O) groups is 1. The van der Waals surface area contributed by atoms with Crippen molar-refractivity contribution in [2.24, 2.45) is 0 Å². The third-order valence-corrected chi connectivity index (χ3v) is 5.65. The maximum atomic E-state index is 12.6. The lowest BCUT2D eigenvalue weighted by Gasteiger charge is -2.08. The van der Waals surface area contributed by atoms with E-state index in [1.807, 2.05) is 6.07 Å². The first-order valence-corrected chi connectivity index (χ1v) is 8.17. The average Bonchev–Trinajstić information content (AvgIpc) is 3.04. The van der Waals surface area contributed by atoms with Crippen molar-refractivity contribution in [2.45, 2.75) is 25.2 Å². The Kier molecular flexibility index (Phi) is 4.03. The summed E-state index contributed by atoms with van der Waals surface area (Å²) in [6.07, 6.45) is 3.23. The number of hydrogen-bond acceptors (Lipinski definition) is 3. The van der Waals surface area contributed by atoms with Crippen LogP contribution in [0.1, 0.15) is 38.0 Å². The van der Waals surface area contributed by atoms with Gasteiger partial charge in [0.25, 0.3) is 0 Å². The molecule has 0 saturated carbocycles. The van der Waals surface area contributed by atoms with E-state index < -0.39 is 5.92 Å². The van der Waals surface area contributed by atoms with E-state index in [9.17, 15) is 10.1 Å². The van der Waals surface area contributed by atoms with Gasteiger partial charge in [-0.05, 0) is 48.6 Å². The summed E-state index contributed by atoms with van der Waals surface area (Å²) in [5, 5.41) is 10.2. The Hall–Kier alpha value is -1.34. The molecule has 2 aromatic rings. The first kappa shape index (κ1) is 14.6. The number of nitriles is 1. The highest BCUT2D eigenvalue weighted by atomic mass is 35.5. The maximum absolute atomic E-state index is 12.6. The molecule has 0 fully saturated rings. The van der Waals surface area contributed by atoms with Crippen LogP contribution in [0.3, 0.4) is 0 Å². The first-order chi connectivity index (χ1) is 10.1. The third-order valence-electron chi connectivity index (χ3n) is 3.66. The lowest BCUT2D eigenvalue weighted by molar-refractivity contribution is 0.0982. The molecule has 21 heavy (non-hydrogen) atoms. The molecule has 0 radical (unpaired) electrons. The van der Waals surface area contributed by atoms with Crippen LogP contribution in [-0.4, -0.2) is 5.78 Å². The Balaban J connectivity index is 1.93. The molecule has 1 aromatic carbocycles. The molecule has 0 saturated heterocycles. The second-order valence-electron chi connectivity index (χ2n) is 5.01. The third kappa shape index (κ3) is 2.72. The Morgan fingerprint density at radius 3 is 2.71 bits per heavy atom. The number of nitrogens with zero attached hydrogens (tertiary/aromatic N) is 1. The van der Waals surface area contributed by atoms with E-state index in [1.54, 1.807) is 18.2 Å². The van der Waals surface area contributed by atoms with Gasteiger partial charge in [0.15, 0.2) is 5.78 Å². The fraction of sp³-hybridized carbons (Fsp3) is 0.250. The van der Waals surface area contributed by atoms with Gasteiger partial charge in [-0.25, -0.2) is 0 Å². The molecule has 0 N–H and O–H groups in total. The lowest BCUT2D eigenvalue weighted by Crippen LogP contribution is -2.10. The summed E-state index contributed by atoms with van der Waals surface area (Å²) in [7, 11) is 0. The minimum absolute atomic E-state index is 0.157. The summed E-state index contributed by atoms with van der Waals surface area (Å²) >= 11 is 13.4. The van der Waals surface area contributed by atoms with Crippen molar-refractivity contribution in [3.8, 4) is 6.07 Å². The van der Waals surface area contributed by atoms with Gasteiger partial charge in [-0.15, -0.1) is 11.3 Å². The lowest BCUT2D eigenvalue weighted by atomic mass is 9.95. The van der Waals surface area contributed by atoms with E-state index in [0.29, 0.717) is 20.5 Å². The molecular formula is C16H11Cl2NOS. The molecule has 1 atom stereocenters. The van der Waals surface area contributed by atoms with E-state index in [2.05, 4.69) is 6.07 Å². The number of rotatable bonds is 3. The van der Waals surface area contributed by atoms with Crippen LogP contribution in [0.25, 0.3) is 0 Å². The highest BCUT2D eigenvalue weighted by Crippen LogP contribution is 2.34. The second kappa shape index (κ2) is 5.81. The van der Waals surface area contributed by atoms with Crippen LogP contribution in [0.4, 0.5) is 0 Å². The highest BCUT2D eigenvalue weighted by molar-refractivity contribution is 7.14. The second-order valence-corrected chi connectivity index (χ2v) is 6.96. The summed E-state index contributed by atoms with van der Waals surface area (Å²) in [5.74, 6) is -0.992. The van der Waals surface area contributed by atoms with E-state index in [0.717, 1.165) is 19.3 Å². The van der Waals surface area contributed by atoms with E-state index >= 15 is 0 Å². The standard InChI is InChI=1S/C16H11Cl2NOS/c17-12-5-4-9(6-13(12)18)11(8-19)16(20)15-7-10-2-1-3-14(10)21-15/h4-7,11H,1-3H2. The molecule has 3 rings (SSSR count). The zero-order valence-electron chi connectivity index (χ0n) is 11.0. The number of halogens is 2. The molecule has 5 heteroatoms. The number of benzene rings is 1. The molecule has 1 heterocycles. The average molecular weight is 336 g/mol. The molecule has 0 amide bonds. The molecule has 1 unspecified atom stereocenters. The van der Waals surface area contributed by atoms with Gasteiger partial charge >= 0.3 is 0 Å². The van der Waals surface area contributed by atoms with Crippen molar-refractivity contribution in [3.05, 3.63) is 55.2 Å². The van der Waals surface area contributed by atoms with E-state index in [1.165, 1.54) is 21.8 Å². The smallest absolute Gasteiger partial charge is 0.194 e. The van der Waals surface area contributed by atoms with E-state index in [4.69, 9.17) is 23.2 Å². The van der Waals surface area contributed by atoms with Crippen molar-refractivity contribution < 1.29 is 4.79 Å². The van der Waals surface area contributed by atoms with Crippen molar-refractivity contribution in [1.29, 1.82) is 5.26 Å². The molecule has 1 aromatic heterocycles. The summed E-state index contributed by atoms with van der Waals surface area (Å²) < 4.78 is 0. The Bertz CT molecular complexity index is 739. The number of fused-ring (bicyclic) bond motifs is 1. The van der Waals surface area contributed by atoms with Crippen LogP contribution in [-0.2, 0) is 12.8 Å². The van der Waals surface area contributed by atoms with Crippen LogP contribution in [0.5, 0.6) is 0 Å². The monoisotopic (exact) mass is 335 g/mol. The Morgan fingerprint density at radius 1 is 1.24 bits per heavy atom. The number of aryl methyl sites for hydroxylation is 2. The van der Waals surface area contributed by atoms with Gasteiger partial charge in [-0.3, -0.25) is 4.79 Å². The highest BCUT2D eigenvalue weighted by Gasteiger charge is 2.26. The van der Waals surface area contributed by atoms with Gasteiger partial charge < -0.3 is 0 Å². The quantitative estimate of drug-likeness (QED) is 0.737. The predicted octanol–water partition coefficient (Wildman–Crippen LogP) is 5.03. The minimum Gasteiger partial charge on any atom is -0.291 e. The topological polar surface area (TPSA) is 40.9 Å². The predicted molar refractivity (Wildman–Crippen MR) is 85.5 cm³/mol. The summed E-state index contributed by atoms with van der Waals surface area (Å²) in [4.78, 5) is 14.5. The molecular weight excluding hydrogens is 325 g/mol. The van der Waals surface area contributed by atoms with Gasteiger partial charge in [-0.1, -0.05) is 29.3 Å². The van der Waals surface area contributed by atoms with Gasteiger partial charge in [0, 0.05) is 4.88 Å². The van der Waals surface area contributed by atoms with Crippen molar-refractivity contribution in [1.82, 2.24) is 0 Å². The zero-order chi connectivity index (χ0) is 15.0. The van der Waals surface area contributed by atoms with Gasteiger partial charge in [0.1, 0.15) is 5.92 Å². The molecule has 2 nitrogen and oxygen atoms in total. The molecule has 0 bridgehead atoms. The number of carbonyl (C=O) groups excluding carboxylic acids is 1. The maximum Gasteiger partial charge on any atom is 0.194 e. The molecule has 0 aliphatic heterocycles. The molecule has 0 spiro atoms. The van der Waals surface area contributed by atoms with Crippen LogP contribution in [0.2, 0.25) is 10.0 Å². The van der Waals surface area contributed by atoms with Crippen molar-refractivity contribution >= 4 is 40.3 Å². The van der Waals surface area contributed by atoms with Gasteiger partial charge in [-0.2, -0.15) is 5.26 Å². The largest absolute Gasteiger partial charge is 0.291 e. The molecule has 1 aliphatic carbocycles. The minimum atomic E-state index is -0.835. The number of hydrogen-bond donors (Lipinski definition) is 0. The van der Waals surface area contributed by atoms with Crippen LogP contribution in [0.15, 0.2) is 24.3 Å². The fourth-order valence-corrected chi connectivity index (χ4v) is 4.10. The fourth-order valence-electron chi connectivity index (χ4n) is 2.57. The van der Waals surface area contributed by atoms with Gasteiger partial charge in [0.05, 0.1) is 21.0 Å². The summed E-state index contributed by atoms with van der Waals surface area (Å²) in [6, 6.07) is 8.92. The van der Waals surface area contributed by atoms with Crippen molar-refractivity contribution in [2.75, 3.05) is 0 Å². The number of Topliss-reactive ketones (excluding diaryl/α,β-unsaturated/α-hetero) is 1. The van der Waals surface area contributed by atoms with Crippen LogP contribution in [0, 0.1) is 11.3 Å². The normalized spacial score (nSPS) is 14.5. The summed E-state index contributed by atoms with van der Waals surface area (Å²) in [5.41, 5.74) is 1.85. The van der Waals surface area contributed by atoms with Crippen molar-refractivity contribution in [3.63, 3.8) is 0 Å². The van der Waals surface area contributed by atoms with Gasteiger partial charge in [0.2, 0.25) is 0 Å². The SMILES string of the molecule is N#CC(C(=O)c1cc2c(s1)CCC2)c1ccc(Cl)c(Cl)c1. The summed E-state index contributed by atoms with van der Waals surface area (Å²) in [6.45, 7) is 0.